The van der Waals surface area contributed by atoms with Gasteiger partial charge in [0.05, 0.1) is 0 Å². The highest BCUT2D eigenvalue weighted by atomic mass is 32.2. The Kier molecular flexibility index (Phi) is 1.69. The number of aromatic nitrogens is 1. The molecule has 10 heavy (non-hydrogen) atoms. The van der Waals surface area contributed by atoms with Crippen LogP contribution < -0.4 is 0 Å². The fourth-order valence-corrected chi connectivity index (χ4v) is 0.930. The van der Waals surface area contributed by atoms with Gasteiger partial charge in [-0.3, -0.25) is 4.98 Å². The first-order valence-corrected chi connectivity index (χ1v) is 3.87. The summed E-state index contributed by atoms with van der Waals surface area (Å²) in [6, 6.07) is 2.60. The Balaban J connectivity index is 3.22. The molecule has 0 spiro atoms. The van der Waals surface area contributed by atoms with Crippen LogP contribution in [-0.2, 0) is 14.7 Å². The topological polar surface area (TPSA) is 66.9 Å². The Morgan fingerprint density at radius 3 is 2.40 bits per heavy atom. The first-order valence-electron chi connectivity index (χ1n) is 2.46. The summed E-state index contributed by atoms with van der Waals surface area (Å²) in [5, 5.41) is 0. The van der Waals surface area contributed by atoms with Gasteiger partial charge in [-0.25, -0.2) is 0 Å². The summed E-state index contributed by atoms with van der Waals surface area (Å²) in [7, 11) is -4.32. The maximum Gasteiger partial charge on any atom is 0.325 e. The smallest absolute Gasteiger partial charge is 0.263 e. The van der Waals surface area contributed by atoms with Gasteiger partial charge in [-0.15, -0.1) is 0 Å². The van der Waals surface area contributed by atoms with E-state index < -0.39 is 10.1 Å². The van der Waals surface area contributed by atoms with Gasteiger partial charge in [0.15, 0.2) is 0 Å². The Morgan fingerprint density at radius 2 is 2.10 bits per heavy atom. The second-order valence-corrected chi connectivity index (χ2v) is 3.02. The zero-order chi connectivity index (χ0) is 7.61. The third-order valence-electron chi connectivity index (χ3n) is 0.923. The van der Waals surface area contributed by atoms with E-state index in [2.05, 4.69) is 4.98 Å². The molecule has 0 saturated heterocycles. The van der Waals surface area contributed by atoms with Gasteiger partial charge in [0.25, 0.3) is 0 Å². The lowest BCUT2D eigenvalue weighted by molar-refractivity contribution is 0.414. The summed E-state index contributed by atoms with van der Waals surface area (Å²) in [6.07, 6.45) is 2.41. The van der Waals surface area contributed by atoms with E-state index in [4.69, 9.17) is 0 Å². The normalized spacial score (nSPS) is 11.3. The van der Waals surface area contributed by atoms with Crippen LogP contribution in [0.25, 0.3) is 0 Å². The van der Waals surface area contributed by atoms with E-state index in [-0.39, 0.29) is 4.90 Å². The molecule has 5 heteroatoms. The summed E-state index contributed by atoms with van der Waals surface area (Å²) >= 11 is 0. The number of hydrogen-bond donors (Lipinski definition) is 0. The average Bonchev–Trinajstić information content (AvgIpc) is 1.88. The SMILES string of the molecule is [O]S(=O)(=O)c1cccnc1. The van der Waals surface area contributed by atoms with Crippen molar-refractivity contribution in [3.8, 4) is 0 Å². The maximum atomic E-state index is 10.2. The predicted molar refractivity (Wildman–Crippen MR) is 32.1 cm³/mol. The first-order chi connectivity index (χ1) is 4.61. The molecule has 0 amide bonds. The zero-order valence-corrected chi connectivity index (χ0v) is 5.71. The molecule has 0 atom stereocenters. The van der Waals surface area contributed by atoms with Crippen molar-refractivity contribution in [1.82, 2.24) is 4.98 Å². The largest absolute Gasteiger partial charge is 0.325 e. The van der Waals surface area contributed by atoms with Gasteiger partial charge in [-0.05, 0) is 12.1 Å². The van der Waals surface area contributed by atoms with Gasteiger partial charge in [-0.2, -0.15) is 8.42 Å². The third-order valence-corrected chi connectivity index (χ3v) is 1.74. The molecule has 1 heterocycles. The molecule has 4 nitrogen and oxygen atoms in total. The van der Waals surface area contributed by atoms with E-state index in [1.807, 2.05) is 0 Å². The summed E-state index contributed by atoms with van der Waals surface area (Å²) in [5.41, 5.74) is 0. The van der Waals surface area contributed by atoms with E-state index in [0.717, 1.165) is 6.20 Å². The monoisotopic (exact) mass is 158 g/mol. The summed E-state index contributed by atoms with van der Waals surface area (Å²) in [4.78, 5) is 3.18. The Bertz CT molecular complexity index is 305. The van der Waals surface area contributed by atoms with Crippen molar-refractivity contribution < 1.29 is 13.0 Å². The van der Waals surface area contributed by atoms with E-state index >= 15 is 0 Å². The van der Waals surface area contributed by atoms with Crippen LogP contribution in [0.2, 0.25) is 0 Å². The minimum absolute atomic E-state index is 0.296. The van der Waals surface area contributed by atoms with Crippen molar-refractivity contribution in [3.05, 3.63) is 24.5 Å². The van der Waals surface area contributed by atoms with Gasteiger partial charge in [0, 0.05) is 12.4 Å². The second kappa shape index (κ2) is 2.36. The number of hydrogen-bond acceptors (Lipinski definition) is 3. The third kappa shape index (κ3) is 1.52. The molecule has 53 valence electrons. The molecular weight excluding hydrogens is 154 g/mol. The fourth-order valence-electron chi connectivity index (χ4n) is 0.495. The van der Waals surface area contributed by atoms with Gasteiger partial charge >= 0.3 is 10.1 Å². The molecule has 0 unspecified atom stereocenters. The van der Waals surface area contributed by atoms with Gasteiger partial charge in [-0.1, -0.05) is 4.55 Å². The average molecular weight is 158 g/mol. The molecule has 1 rings (SSSR count). The van der Waals surface area contributed by atoms with Crippen LogP contribution in [0.1, 0.15) is 0 Å². The maximum absolute atomic E-state index is 10.2. The molecule has 0 aromatic carbocycles. The Hall–Kier alpha value is -0.940. The van der Waals surface area contributed by atoms with E-state index in [0.29, 0.717) is 0 Å². The summed E-state index contributed by atoms with van der Waals surface area (Å²) in [6.45, 7) is 0. The lowest BCUT2D eigenvalue weighted by atomic mass is 10.5. The van der Waals surface area contributed by atoms with Crippen molar-refractivity contribution in [2.45, 2.75) is 4.90 Å². The Morgan fingerprint density at radius 1 is 1.40 bits per heavy atom. The Labute approximate surface area is 58.3 Å². The molecule has 1 aromatic heterocycles. The number of rotatable bonds is 1. The first kappa shape index (κ1) is 7.17. The molecule has 0 fully saturated rings. The molecule has 0 N–H and O–H groups in total. The highest BCUT2D eigenvalue weighted by Crippen LogP contribution is 2.03. The van der Waals surface area contributed by atoms with Gasteiger partial charge in [0.2, 0.25) is 0 Å². The van der Waals surface area contributed by atoms with E-state index in [1.165, 1.54) is 18.3 Å². The van der Waals surface area contributed by atoms with Crippen molar-refractivity contribution in [2.24, 2.45) is 0 Å². The predicted octanol–water partition coefficient (Wildman–Crippen LogP) is 0.201. The summed E-state index contributed by atoms with van der Waals surface area (Å²) < 4.78 is 30.7. The number of pyridine rings is 1. The highest BCUT2D eigenvalue weighted by Gasteiger charge is 2.09. The van der Waals surface area contributed by atoms with Crippen LogP contribution >= 0.6 is 0 Å². The molecular formula is C5H4NO3S. The van der Waals surface area contributed by atoms with E-state index in [1.54, 1.807) is 0 Å². The van der Waals surface area contributed by atoms with Gasteiger partial charge in [0.1, 0.15) is 4.90 Å². The highest BCUT2D eigenvalue weighted by molar-refractivity contribution is 7.85. The van der Waals surface area contributed by atoms with E-state index in [9.17, 15) is 13.0 Å². The minimum atomic E-state index is -4.32. The number of nitrogens with zero attached hydrogens (tertiary/aromatic N) is 1. The van der Waals surface area contributed by atoms with Crippen molar-refractivity contribution >= 4 is 10.1 Å². The standard InChI is InChI=1S/C5H4NO3S/c7-10(8,9)5-2-1-3-6-4-5/h1-4H. The zero-order valence-electron chi connectivity index (χ0n) is 4.89. The lowest BCUT2D eigenvalue weighted by Crippen LogP contribution is -1.95. The second-order valence-electron chi connectivity index (χ2n) is 1.64. The molecule has 0 bridgehead atoms. The lowest BCUT2D eigenvalue weighted by Gasteiger charge is -1.89. The summed E-state index contributed by atoms with van der Waals surface area (Å²) in [5.74, 6) is 0. The molecule has 0 saturated carbocycles. The van der Waals surface area contributed by atoms with Crippen LogP contribution in [0.15, 0.2) is 29.4 Å². The van der Waals surface area contributed by atoms with Crippen LogP contribution in [0.5, 0.6) is 0 Å². The van der Waals surface area contributed by atoms with Crippen LogP contribution in [0.4, 0.5) is 0 Å². The molecule has 1 aromatic rings. The molecule has 0 aliphatic rings. The van der Waals surface area contributed by atoms with Crippen LogP contribution in [-0.4, -0.2) is 13.4 Å². The minimum Gasteiger partial charge on any atom is -0.263 e. The quantitative estimate of drug-likeness (QED) is 0.586. The van der Waals surface area contributed by atoms with Crippen LogP contribution in [0.3, 0.4) is 0 Å². The molecule has 1 radical (unpaired) electrons. The van der Waals surface area contributed by atoms with Crippen molar-refractivity contribution in [1.29, 1.82) is 0 Å². The van der Waals surface area contributed by atoms with Crippen LogP contribution in [0, 0.1) is 0 Å². The molecule has 0 aliphatic carbocycles. The fraction of sp³-hybridized carbons (Fsp3) is 0. The van der Waals surface area contributed by atoms with Crippen molar-refractivity contribution in [3.63, 3.8) is 0 Å². The molecule has 0 aliphatic heterocycles. The van der Waals surface area contributed by atoms with Gasteiger partial charge < -0.3 is 0 Å². The van der Waals surface area contributed by atoms with Crippen molar-refractivity contribution in [2.75, 3.05) is 0 Å².